The van der Waals surface area contributed by atoms with E-state index in [1.807, 2.05) is 30.3 Å². The van der Waals surface area contributed by atoms with Gasteiger partial charge in [0.1, 0.15) is 18.7 Å². The summed E-state index contributed by atoms with van der Waals surface area (Å²) in [4.78, 5) is 40.6. The van der Waals surface area contributed by atoms with Gasteiger partial charge in [-0.3, -0.25) is 4.79 Å². The molecule has 9 heteroatoms. The number of carbonyl (C=O) groups excluding carboxylic acids is 1. The van der Waals surface area contributed by atoms with Crippen LogP contribution in [-0.4, -0.2) is 27.3 Å². The maximum atomic E-state index is 13.4. The molecule has 1 aromatic carbocycles. The number of pyridine rings is 1. The van der Waals surface area contributed by atoms with Crippen LogP contribution in [0.5, 0.6) is 0 Å². The molecule has 3 heterocycles. The first kappa shape index (κ1) is 21.1. The standard InChI is InChI=1S/C23H22N4O5/c1-3-30-23(29)19-20(24-12-17-10-7-11-31-17)18-15(2)25-14-26-21(18)27(22(19)28)32-13-16-8-5-4-6-9-16/h4-11,14,24H,3,12-13H2,1-2H3. The van der Waals surface area contributed by atoms with Crippen LogP contribution in [0.1, 0.15) is 34.3 Å². The van der Waals surface area contributed by atoms with Crippen LogP contribution in [0.15, 0.2) is 64.3 Å². The maximum absolute atomic E-state index is 13.4. The average molecular weight is 434 g/mol. The lowest BCUT2D eigenvalue weighted by Crippen LogP contribution is -2.34. The van der Waals surface area contributed by atoms with Gasteiger partial charge >= 0.3 is 11.5 Å². The molecule has 1 N–H and O–H groups in total. The topological polar surface area (TPSA) is 108 Å². The van der Waals surface area contributed by atoms with Crippen LogP contribution in [0.2, 0.25) is 0 Å². The zero-order valence-electron chi connectivity index (χ0n) is 17.7. The van der Waals surface area contributed by atoms with Gasteiger partial charge in [-0.25, -0.2) is 14.8 Å². The average Bonchev–Trinajstić information content (AvgIpc) is 3.31. The molecule has 0 aliphatic rings. The second kappa shape index (κ2) is 9.34. The minimum atomic E-state index is -0.762. The second-order valence-corrected chi connectivity index (χ2v) is 6.92. The molecule has 0 spiro atoms. The van der Waals surface area contributed by atoms with Crippen LogP contribution in [0.25, 0.3) is 11.0 Å². The molecule has 0 aliphatic heterocycles. The molecule has 4 rings (SSSR count). The van der Waals surface area contributed by atoms with Crippen LogP contribution < -0.4 is 15.7 Å². The molecule has 0 radical (unpaired) electrons. The van der Waals surface area contributed by atoms with Crippen molar-refractivity contribution < 1.29 is 18.8 Å². The summed E-state index contributed by atoms with van der Waals surface area (Å²) in [6, 6.07) is 12.9. The van der Waals surface area contributed by atoms with Crippen molar-refractivity contribution in [3.8, 4) is 0 Å². The smallest absolute Gasteiger partial charge is 0.346 e. The lowest BCUT2D eigenvalue weighted by molar-refractivity contribution is 0.0513. The Morgan fingerprint density at radius 1 is 1.16 bits per heavy atom. The van der Waals surface area contributed by atoms with Crippen LogP contribution in [0.3, 0.4) is 0 Å². The summed E-state index contributed by atoms with van der Waals surface area (Å²) in [5.74, 6) is -0.131. The Hall–Kier alpha value is -4.14. The van der Waals surface area contributed by atoms with Gasteiger partial charge in [0.25, 0.3) is 0 Å². The maximum Gasteiger partial charge on any atom is 0.346 e. The molecule has 32 heavy (non-hydrogen) atoms. The van der Waals surface area contributed by atoms with Gasteiger partial charge in [-0.05, 0) is 31.5 Å². The summed E-state index contributed by atoms with van der Waals surface area (Å²) in [5, 5.41) is 3.62. The number of aryl methyl sites for hydroxylation is 1. The van der Waals surface area contributed by atoms with Gasteiger partial charge in [-0.15, -0.1) is 4.73 Å². The van der Waals surface area contributed by atoms with Crippen molar-refractivity contribution in [3.63, 3.8) is 0 Å². The monoisotopic (exact) mass is 434 g/mol. The van der Waals surface area contributed by atoms with E-state index in [1.165, 1.54) is 6.33 Å². The number of hydrogen-bond donors (Lipinski definition) is 1. The van der Waals surface area contributed by atoms with E-state index < -0.39 is 11.5 Å². The first-order valence-electron chi connectivity index (χ1n) is 10.1. The molecule has 0 saturated heterocycles. The molecule has 0 amide bonds. The Morgan fingerprint density at radius 2 is 1.97 bits per heavy atom. The number of nitrogens with zero attached hydrogens (tertiary/aromatic N) is 3. The zero-order valence-corrected chi connectivity index (χ0v) is 17.7. The van der Waals surface area contributed by atoms with Crippen LogP contribution in [0, 0.1) is 6.92 Å². The normalized spacial score (nSPS) is 10.8. The van der Waals surface area contributed by atoms with Crippen molar-refractivity contribution >= 4 is 22.7 Å². The fraction of sp³-hybridized carbons (Fsp3) is 0.217. The molecular weight excluding hydrogens is 412 g/mol. The number of aromatic nitrogens is 3. The molecule has 0 saturated carbocycles. The molecule has 164 valence electrons. The van der Waals surface area contributed by atoms with E-state index >= 15 is 0 Å². The van der Waals surface area contributed by atoms with E-state index in [-0.39, 0.29) is 36.7 Å². The number of fused-ring (bicyclic) bond motifs is 1. The number of esters is 1. The lowest BCUT2D eigenvalue weighted by Gasteiger charge is -2.18. The molecule has 4 aromatic rings. The predicted octanol–water partition coefficient (Wildman–Crippen LogP) is 3.11. The molecule has 0 unspecified atom stereocenters. The summed E-state index contributed by atoms with van der Waals surface area (Å²) >= 11 is 0. The number of nitrogens with one attached hydrogen (secondary N) is 1. The summed E-state index contributed by atoms with van der Waals surface area (Å²) in [5.41, 5.74) is 1.09. The number of benzene rings is 1. The van der Waals surface area contributed by atoms with E-state index in [1.54, 1.807) is 32.2 Å². The summed E-state index contributed by atoms with van der Waals surface area (Å²) in [6.07, 6.45) is 2.89. The molecule has 9 nitrogen and oxygen atoms in total. The Bertz CT molecular complexity index is 1280. The van der Waals surface area contributed by atoms with Crippen LogP contribution in [-0.2, 0) is 17.9 Å². The largest absolute Gasteiger partial charge is 0.467 e. The fourth-order valence-electron chi connectivity index (χ4n) is 3.33. The quantitative estimate of drug-likeness (QED) is 0.422. The number of rotatable bonds is 8. The van der Waals surface area contributed by atoms with Gasteiger partial charge in [0.2, 0.25) is 0 Å². The number of carbonyl (C=O) groups is 1. The molecule has 0 bridgehead atoms. The van der Waals surface area contributed by atoms with E-state index in [0.717, 1.165) is 10.3 Å². The van der Waals surface area contributed by atoms with Gasteiger partial charge in [0.15, 0.2) is 11.2 Å². The summed E-state index contributed by atoms with van der Waals surface area (Å²) < 4.78 is 11.6. The minimum Gasteiger partial charge on any atom is -0.467 e. The zero-order chi connectivity index (χ0) is 22.5. The van der Waals surface area contributed by atoms with Crippen molar-refractivity contribution in [1.29, 1.82) is 0 Å². The van der Waals surface area contributed by atoms with Crippen molar-refractivity contribution in [2.45, 2.75) is 27.0 Å². The Morgan fingerprint density at radius 3 is 2.69 bits per heavy atom. The lowest BCUT2D eigenvalue weighted by atomic mass is 10.1. The number of furan rings is 1. The van der Waals surface area contributed by atoms with Crippen LogP contribution >= 0.6 is 0 Å². The van der Waals surface area contributed by atoms with Crippen molar-refractivity contribution in [2.24, 2.45) is 0 Å². The van der Waals surface area contributed by atoms with Gasteiger partial charge < -0.3 is 19.3 Å². The second-order valence-electron chi connectivity index (χ2n) is 6.92. The number of ether oxygens (including phenoxy) is 1. The molecular formula is C23H22N4O5. The van der Waals surface area contributed by atoms with Gasteiger partial charge in [-0.2, -0.15) is 0 Å². The number of hydrogen-bond acceptors (Lipinski definition) is 8. The Kier molecular flexibility index (Phi) is 6.16. The van der Waals surface area contributed by atoms with Crippen molar-refractivity contribution in [3.05, 3.63) is 88.0 Å². The molecule has 0 atom stereocenters. The minimum absolute atomic E-state index is 0.111. The third-order valence-corrected chi connectivity index (χ3v) is 4.81. The van der Waals surface area contributed by atoms with Gasteiger partial charge in [0, 0.05) is 0 Å². The van der Waals surface area contributed by atoms with Crippen molar-refractivity contribution in [2.75, 3.05) is 11.9 Å². The fourth-order valence-corrected chi connectivity index (χ4v) is 3.33. The third-order valence-electron chi connectivity index (χ3n) is 4.81. The van der Waals surface area contributed by atoms with Gasteiger partial charge in [-0.1, -0.05) is 30.3 Å². The number of anilines is 1. The summed E-state index contributed by atoms with van der Waals surface area (Å²) in [6.45, 7) is 3.91. The molecule has 0 aliphatic carbocycles. The highest BCUT2D eigenvalue weighted by atomic mass is 16.7. The predicted molar refractivity (Wildman–Crippen MR) is 117 cm³/mol. The molecule has 0 fully saturated rings. The highest BCUT2D eigenvalue weighted by Gasteiger charge is 2.26. The van der Waals surface area contributed by atoms with E-state index in [0.29, 0.717) is 16.8 Å². The van der Waals surface area contributed by atoms with E-state index in [2.05, 4.69) is 15.3 Å². The molecule has 3 aromatic heterocycles. The highest BCUT2D eigenvalue weighted by Crippen LogP contribution is 2.27. The summed E-state index contributed by atoms with van der Waals surface area (Å²) in [7, 11) is 0. The first-order valence-corrected chi connectivity index (χ1v) is 10.1. The van der Waals surface area contributed by atoms with Crippen LogP contribution in [0.4, 0.5) is 5.69 Å². The first-order chi connectivity index (χ1) is 15.6. The van der Waals surface area contributed by atoms with E-state index in [4.69, 9.17) is 14.0 Å². The SMILES string of the molecule is CCOC(=O)c1c(NCc2ccco2)c2c(C)ncnc2n(OCc2ccccc2)c1=O. The van der Waals surface area contributed by atoms with Gasteiger partial charge in [0.05, 0.1) is 36.2 Å². The Balaban J connectivity index is 1.87. The third kappa shape index (κ3) is 4.18. The Labute approximate surface area is 183 Å². The van der Waals surface area contributed by atoms with E-state index in [9.17, 15) is 9.59 Å². The highest BCUT2D eigenvalue weighted by molar-refractivity contribution is 6.04. The van der Waals surface area contributed by atoms with Crippen molar-refractivity contribution in [1.82, 2.24) is 14.7 Å².